The highest BCUT2D eigenvalue weighted by molar-refractivity contribution is 7.80. The maximum absolute atomic E-state index is 5.26. The number of fused-ring (bicyclic) bond motifs is 1. The lowest BCUT2D eigenvalue weighted by Gasteiger charge is -2.13. The summed E-state index contributed by atoms with van der Waals surface area (Å²) in [6.07, 6.45) is 0. The molecule has 2 aromatic carbocycles. The molecule has 2 N–H and O–H groups in total. The summed E-state index contributed by atoms with van der Waals surface area (Å²) in [5.74, 6) is 0. The van der Waals surface area contributed by atoms with Crippen molar-refractivity contribution in [1.82, 2.24) is 10.3 Å². The summed E-state index contributed by atoms with van der Waals surface area (Å²) in [6.45, 7) is 6.23. The second kappa shape index (κ2) is 6.64. The van der Waals surface area contributed by atoms with Crippen LogP contribution in [-0.4, -0.2) is 16.1 Å². The Labute approximate surface area is 145 Å². The predicted molar refractivity (Wildman–Crippen MR) is 104 cm³/mol. The number of nitrogens with zero attached hydrogens (tertiary/aromatic N) is 1. The zero-order chi connectivity index (χ0) is 16.4. The van der Waals surface area contributed by atoms with E-state index in [-0.39, 0.29) is 0 Å². The van der Waals surface area contributed by atoms with Crippen molar-refractivity contribution in [3.63, 3.8) is 0 Å². The van der Waals surface area contributed by atoms with Gasteiger partial charge in [-0.05, 0) is 75.0 Å². The van der Waals surface area contributed by atoms with Gasteiger partial charge in [0.1, 0.15) is 5.01 Å². The van der Waals surface area contributed by atoms with Crippen LogP contribution in [0.15, 0.2) is 42.5 Å². The van der Waals surface area contributed by atoms with E-state index in [1.165, 1.54) is 10.3 Å². The largest absolute Gasteiger partial charge is 0.360 e. The van der Waals surface area contributed by atoms with E-state index in [0.717, 1.165) is 21.8 Å². The molecule has 0 radical (unpaired) electrons. The summed E-state index contributed by atoms with van der Waals surface area (Å²) < 4.78 is 1.23. The number of hydrogen-bond donors (Lipinski definition) is 2. The molecule has 0 aliphatic carbocycles. The Hall–Kier alpha value is -1.98. The number of aryl methyl sites for hydroxylation is 1. The lowest BCUT2D eigenvalue weighted by atomic mass is 10.2. The monoisotopic (exact) mass is 341 g/mol. The van der Waals surface area contributed by atoms with Crippen molar-refractivity contribution in [3.8, 4) is 10.6 Å². The van der Waals surface area contributed by atoms with Crippen LogP contribution in [0.2, 0.25) is 0 Å². The van der Waals surface area contributed by atoms with Gasteiger partial charge in [0.15, 0.2) is 5.11 Å². The minimum atomic E-state index is 0.320. The summed E-state index contributed by atoms with van der Waals surface area (Å²) in [6, 6.07) is 14.9. The number of thiocarbonyl (C=S) groups is 1. The van der Waals surface area contributed by atoms with Crippen LogP contribution in [0, 0.1) is 6.92 Å². The van der Waals surface area contributed by atoms with Gasteiger partial charge in [-0.15, -0.1) is 11.3 Å². The fourth-order valence-corrected chi connectivity index (χ4v) is 3.70. The molecule has 0 spiro atoms. The molecule has 0 unspecified atom stereocenters. The first kappa shape index (κ1) is 15.9. The van der Waals surface area contributed by atoms with Gasteiger partial charge < -0.3 is 10.6 Å². The average molecular weight is 342 g/mol. The Kier molecular flexibility index (Phi) is 4.59. The number of nitrogens with one attached hydrogen (secondary N) is 2. The molecule has 0 amide bonds. The van der Waals surface area contributed by atoms with Gasteiger partial charge in [0.25, 0.3) is 0 Å². The van der Waals surface area contributed by atoms with Crippen LogP contribution in [0.3, 0.4) is 0 Å². The van der Waals surface area contributed by atoms with Crippen molar-refractivity contribution < 1.29 is 0 Å². The van der Waals surface area contributed by atoms with E-state index in [1.807, 2.05) is 12.1 Å². The molecule has 0 fully saturated rings. The Morgan fingerprint density at radius 2 is 1.87 bits per heavy atom. The minimum absolute atomic E-state index is 0.320. The van der Waals surface area contributed by atoms with Crippen molar-refractivity contribution in [1.29, 1.82) is 0 Å². The first-order valence-corrected chi connectivity index (χ1v) is 8.79. The third-order valence-electron chi connectivity index (χ3n) is 3.35. The van der Waals surface area contributed by atoms with Crippen LogP contribution in [0.5, 0.6) is 0 Å². The molecule has 3 nitrogen and oxygen atoms in total. The maximum atomic E-state index is 5.26. The summed E-state index contributed by atoms with van der Waals surface area (Å²) in [5.41, 5.74) is 4.42. The summed E-state index contributed by atoms with van der Waals surface area (Å²) in [4.78, 5) is 4.71. The Bertz CT molecular complexity index is 835. The lowest BCUT2D eigenvalue weighted by Crippen LogP contribution is -2.33. The maximum Gasteiger partial charge on any atom is 0.170 e. The van der Waals surface area contributed by atoms with Crippen LogP contribution in [0.4, 0.5) is 5.69 Å². The first-order chi connectivity index (χ1) is 11.0. The third-order valence-corrected chi connectivity index (χ3v) is 4.64. The Balaban J connectivity index is 1.79. The van der Waals surface area contributed by atoms with Gasteiger partial charge in [0, 0.05) is 17.3 Å². The SMILES string of the molecule is Cc1ccc2nc(-c3ccc(NC(=S)NC(C)C)cc3)sc2c1. The van der Waals surface area contributed by atoms with Gasteiger partial charge in [-0.3, -0.25) is 0 Å². The van der Waals surface area contributed by atoms with Gasteiger partial charge in [0.05, 0.1) is 10.2 Å². The average Bonchev–Trinajstić information content (AvgIpc) is 2.90. The highest BCUT2D eigenvalue weighted by atomic mass is 32.1. The molecule has 1 heterocycles. The van der Waals surface area contributed by atoms with Crippen LogP contribution < -0.4 is 10.6 Å². The predicted octanol–water partition coefficient (Wildman–Crippen LogP) is 4.97. The number of hydrogen-bond acceptors (Lipinski definition) is 3. The third kappa shape index (κ3) is 3.86. The normalized spacial score (nSPS) is 11.0. The molecule has 118 valence electrons. The second-order valence-corrected chi connectivity index (χ2v) is 7.26. The second-order valence-electron chi connectivity index (χ2n) is 5.82. The van der Waals surface area contributed by atoms with E-state index in [9.17, 15) is 0 Å². The van der Waals surface area contributed by atoms with E-state index in [0.29, 0.717) is 11.2 Å². The molecular weight excluding hydrogens is 322 g/mol. The quantitative estimate of drug-likeness (QED) is 0.660. The van der Waals surface area contributed by atoms with E-state index in [1.54, 1.807) is 11.3 Å². The highest BCUT2D eigenvalue weighted by Crippen LogP contribution is 2.31. The topological polar surface area (TPSA) is 37.0 Å². The zero-order valence-electron chi connectivity index (χ0n) is 13.4. The van der Waals surface area contributed by atoms with Crippen molar-refractivity contribution in [2.45, 2.75) is 26.8 Å². The molecule has 0 atom stereocenters. The van der Waals surface area contributed by atoms with E-state index < -0.39 is 0 Å². The molecule has 3 aromatic rings. The van der Waals surface area contributed by atoms with Crippen LogP contribution >= 0.6 is 23.6 Å². The minimum Gasteiger partial charge on any atom is -0.360 e. The van der Waals surface area contributed by atoms with Crippen molar-refractivity contribution >= 4 is 44.6 Å². The molecule has 0 aliphatic heterocycles. The number of aromatic nitrogens is 1. The van der Waals surface area contributed by atoms with E-state index in [4.69, 9.17) is 17.2 Å². The summed E-state index contributed by atoms with van der Waals surface area (Å²) in [5, 5.41) is 8.04. The van der Waals surface area contributed by atoms with Crippen molar-refractivity contribution in [3.05, 3.63) is 48.0 Å². The molecule has 0 saturated heterocycles. The molecule has 5 heteroatoms. The van der Waals surface area contributed by atoms with Crippen LogP contribution in [-0.2, 0) is 0 Å². The van der Waals surface area contributed by atoms with E-state index in [2.05, 4.69) is 61.7 Å². The Morgan fingerprint density at radius 3 is 2.57 bits per heavy atom. The Morgan fingerprint density at radius 1 is 1.13 bits per heavy atom. The number of thiazole rings is 1. The fourth-order valence-electron chi connectivity index (χ4n) is 2.28. The standard InChI is InChI=1S/C18H19N3S2/c1-11(2)19-18(22)20-14-7-5-13(6-8-14)17-21-15-9-4-12(3)10-16(15)23-17/h4-11H,1-3H3,(H2,19,20,22). The molecule has 0 saturated carbocycles. The van der Waals surface area contributed by atoms with Crippen LogP contribution in [0.1, 0.15) is 19.4 Å². The molecule has 23 heavy (non-hydrogen) atoms. The van der Waals surface area contributed by atoms with Gasteiger partial charge in [-0.2, -0.15) is 0 Å². The first-order valence-electron chi connectivity index (χ1n) is 7.56. The smallest absolute Gasteiger partial charge is 0.170 e. The van der Waals surface area contributed by atoms with Crippen LogP contribution in [0.25, 0.3) is 20.8 Å². The van der Waals surface area contributed by atoms with Gasteiger partial charge >= 0.3 is 0 Å². The van der Waals surface area contributed by atoms with Crippen molar-refractivity contribution in [2.75, 3.05) is 5.32 Å². The zero-order valence-corrected chi connectivity index (χ0v) is 15.0. The van der Waals surface area contributed by atoms with Gasteiger partial charge in [0.2, 0.25) is 0 Å². The lowest BCUT2D eigenvalue weighted by molar-refractivity contribution is 0.739. The van der Waals surface area contributed by atoms with E-state index >= 15 is 0 Å². The fraction of sp³-hybridized carbons (Fsp3) is 0.222. The molecule has 0 aliphatic rings. The molecule has 0 bridgehead atoms. The number of benzene rings is 2. The molecule has 1 aromatic heterocycles. The van der Waals surface area contributed by atoms with Crippen molar-refractivity contribution in [2.24, 2.45) is 0 Å². The highest BCUT2D eigenvalue weighted by Gasteiger charge is 2.07. The summed E-state index contributed by atoms with van der Waals surface area (Å²) >= 11 is 6.98. The van der Waals surface area contributed by atoms with Gasteiger partial charge in [-0.25, -0.2) is 4.98 Å². The number of rotatable bonds is 3. The molecule has 3 rings (SSSR count). The summed E-state index contributed by atoms with van der Waals surface area (Å²) in [7, 11) is 0. The van der Waals surface area contributed by atoms with Gasteiger partial charge in [-0.1, -0.05) is 6.07 Å². The molecular formula is C18H19N3S2. The number of anilines is 1.